The normalized spacial score (nSPS) is 16.2. The number of rotatable bonds is 3. The van der Waals surface area contributed by atoms with E-state index in [1.54, 1.807) is 23.2 Å². The molecule has 2 aromatic rings. The fraction of sp³-hybridized carbons (Fsp3) is 0.375. The van der Waals surface area contributed by atoms with Crippen molar-refractivity contribution in [3.05, 3.63) is 41.8 Å². The summed E-state index contributed by atoms with van der Waals surface area (Å²) in [5.41, 5.74) is 0.845. The molecule has 1 aliphatic rings. The number of piperazine rings is 1. The minimum atomic E-state index is -0.428. The molecule has 1 N–H and O–H groups in total. The van der Waals surface area contributed by atoms with Gasteiger partial charge in [-0.05, 0) is 18.2 Å². The number of pyridine rings is 1. The molecule has 2 heterocycles. The lowest BCUT2D eigenvalue weighted by Crippen LogP contribution is -2.49. The molecule has 0 radical (unpaired) electrons. The van der Waals surface area contributed by atoms with Gasteiger partial charge in [0.1, 0.15) is 5.82 Å². The highest BCUT2D eigenvalue weighted by Crippen LogP contribution is 2.20. The van der Waals surface area contributed by atoms with Gasteiger partial charge in [0.05, 0.1) is 17.7 Å². The maximum absolute atomic E-state index is 13.8. The molecule has 5 nitrogen and oxygen atoms in total. The first-order valence-corrected chi connectivity index (χ1v) is 7.36. The quantitative estimate of drug-likeness (QED) is 0.923. The van der Waals surface area contributed by atoms with Gasteiger partial charge in [-0.2, -0.15) is 0 Å². The molecule has 1 aromatic heterocycles. The van der Waals surface area contributed by atoms with Gasteiger partial charge in [-0.25, -0.2) is 4.39 Å². The number of aliphatic hydroxyl groups is 1. The number of β-amino-alcohol motifs (C(OH)–C–C–N with tert-alkyl or cyclic N) is 1. The molecule has 1 amide bonds. The highest BCUT2D eigenvalue weighted by molar-refractivity contribution is 6.05. The zero-order valence-electron chi connectivity index (χ0n) is 12.2. The zero-order valence-corrected chi connectivity index (χ0v) is 12.2. The maximum atomic E-state index is 13.8. The summed E-state index contributed by atoms with van der Waals surface area (Å²) < 4.78 is 13.8. The van der Waals surface area contributed by atoms with Crippen molar-refractivity contribution in [2.45, 2.75) is 0 Å². The van der Waals surface area contributed by atoms with Gasteiger partial charge in [0, 0.05) is 44.3 Å². The molecule has 1 aliphatic heterocycles. The Morgan fingerprint density at radius 3 is 2.77 bits per heavy atom. The summed E-state index contributed by atoms with van der Waals surface area (Å²) in [6, 6.07) is 6.13. The van der Waals surface area contributed by atoms with Gasteiger partial charge < -0.3 is 10.0 Å². The molecule has 1 saturated heterocycles. The van der Waals surface area contributed by atoms with Crippen LogP contribution in [-0.2, 0) is 0 Å². The molecule has 0 aliphatic carbocycles. The SMILES string of the molecule is O=C(c1cc(F)cc2cccnc12)N1CCN(CCO)CC1. The van der Waals surface area contributed by atoms with Crippen LogP contribution in [-0.4, -0.2) is 65.1 Å². The standard InChI is InChI=1S/C16H18FN3O2/c17-13-10-12-2-1-3-18-15(12)14(11-13)16(22)20-6-4-19(5-7-20)8-9-21/h1-3,10-11,21H,4-9H2. The van der Waals surface area contributed by atoms with Crippen molar-refractivity contribution in [1.29, 1.82) is 0 Å². The predicted octanol–water partition coefficient (Wildman–Crippen LogP) is 1.12. The van der Waals surface area contributed by atoms with E-state index < -0.39 is 5.82 Å². The second-order valence-electron chi connectivity index (χ2n) is 5.39. The Balaban J connectivity index is 1.84. The first-order valence-electron chi connectivity index (χ1n) is 7.36. The Morgan fingerprint density at radius 1 is 1.27 bits per heavy atom. The Labute approximate surface area is 128 Å². The van der Waals surface area contributed by atoms with Crippen molar-refractivity contribution in [3.63, 3.8) is 0 Å². The average molecular weight is 303 g/mol. The van der Waals surface area contributed by atoms with Crippen LogP contribution in [0.4, 0.5) is 4.39 Å². The highest BCUT2D eigenvalue weighted by atomic mass is 19.1. The molecule has 0 unspecified atom stereocenters. The maximum Gasteiger partial charge on any atom is 0.256 e. The fourth-order valence-electron chi connectivity index (χ4n) is 2.81. The van der Waals surface area contributed by atoms with E-state index in [-0.39, 0.29) is 12.5 Å². The van der Waals surface area contributed by atoms with Gasteiger partial charge in [0.2, 0.25) is 0 Å². The predicted molar refractivity (Wildman–Crippen MR) is 81.1 cm³/mol. The molecule has 0 spiro atoms. The summed E-state index contributed by atoms with van der Waals surface area (Å²) in [6.45, 7) is 3.31. The van der Waals surface area contributed by atoms with Crippen molar-refractivity contribution in [2.75, 3.05) is 39.3 Å². The average Bonchev–Trinajstić information content (AvgIpc) is 2.54. The number of carbonyl (C=O) groups excluding carboxylic acids is 1. The first-order chi connectivity index (χ1) is 10.7. The molecule has 0 bridgehead atoms. The van der Waals surface area contributed by atoms with E-state index >= 15 is 0 Å². The second kappa shape index (κ2) is 6.37. The van der Waals surface area contributed by atoms with Crippen LogP contribution in [0.5, 0.6) is 0 Å². The third-order valence-electron chi connectivity index (χ3n) is 3.98. The van der Waals surface area contributed by atoms with Crippen LogP contribution in [0.1, 0.15) is 10.4 Å². The van der Waals surface area contributed by atoms with Crippen molar-refractivity contribution in [3.8, 4) is 0 Å². The molecule has 3 rings (SSSR count). The van der Waals surface area contributed by atoms with E-state index in [1.165, 1.54) is 12.1 Å². The van der Waals surface area contributed by atoms with E-state index in [1.807, 2.05) is 0 Å². The molecule has 1 aromatic carbocycles. The fourth-order valence-corrected chi connectivity index (χ4v) is 2.81. The zero-order chi connectivity index (χ0) is 15.5. The minimum absolute atomic E-state index is 0.117. The van der Waals surface area contributed by atoms with Crippen LogP contribution < -0.4 is 0 Å². The van der Waals surface area contributed by atoms with Crippen LogP contribution >= 0.6 is 0 Å². The Kier molecular flexibility index (Phi) is 4.31. The lowest BCUT2D eigenvalue weighted by molar-refractivity contribution is 0.0616. The van der Waals surface area contributed by atoms with Gasteiger partial charge in [-0.1, -0.05) is 6.07 Å². The topological polar surface area (TPSA) is 56.7 Å². The summed E-state index contributed by atoms with van der Waals surface area (Å²) in [6.07, 6.45) is 1.61. The van der Waals surface area contributed by atoms with Crippen molar-refractivity contribution >= 4 is 16.8 Å². The number of halogens is 1. The van der Waals surface area contributed by atoms with E-state index in [4.69, 9.17) is 5.11 Å². The molecule has 1 fully saturated rings. The number of hydrogen-bond acceptors (Lipinski definition) is 4. The van der Waals surface area contributed by atoms with Crippen LogP contribution in [0, 0.1) is 5.82 Å². The van der Waals surface area contributed by atoms with Crippen molar-refractivity contribution in [1.82, 2.24) is 14.8 Å². The summed E-state index contributed by atoms with van der Waals surface area (Å²) in [5.74, 6) is -0.616. The third kappa shape index (κ3) is 2.93. The summed E-state index contributed by atoms with van der Waals surface area (Å²) in [5, 5.41) is 9.58. The summed E-state index contributed by atoms with van der Waals surface area (Å²) in [7, 11) is 0. The lowest BCUT2D eigenvalue weighted by atomic mass is 10.1. The number of aromatic nitrogens is 1. The first kappa shape index (κ1) is 14.9. The molecule has 116 valence electrons. The van der Waals surface area contributed by atoms with E-state index in [0.29, 0.717) is 49.2 Å². The van der Waals surface area contributed by atoms with Crippen molar-refractivity contribution < 1.29 is 14.3 Å². The van der Waals surface area contributed by atoms with Gasteiger partial charge >= 0.3 is 0 Å². The van der Waals surface area contributed by atoms with Gasteiger partial charge in [-0.15, -0.1) is 0 Å². The molecular weight excluding hydrogens is 285 g/mol. The number of nitrogens with zero attached hydrogens (tertiary/aromatic N) is 3. The van der Waals surface area contributed by atoms with E-state index in [9.17, 15) is 9.18 Å². The highest BCUT2D eigenvalue weighted by Gasteiger charge is 2.24. The number of fused-ring (bicyclic) bond motifs is 1. The monoisotopic (exact) mass is 303 g/mol. The minimum Gasteiger partial charge on any atom is -0.395 e. The number of carbonyl (C=O) groups is 1. The molecular formula is C16H18FN3O2. The van der Waals surface area contributed by atoms with Crippen LogP contribution in [0.25, 0.3) is 10.9 Å². The van der Waals surface area contributed by atoms with Crippen molar-refractivity contribution in [2.24, 2.45) is 0 Å². The van der Waals surface area contributed by atoms with Crippen LogP contribution in [0.2, 0.25) is 0 Å². The van der Waals surface area contributed by atoms with Gasteiger partial charge in [0.25, 0.3) is 5.91 Å². The van der Waals surface area contributed by atoms with Gasteiger partial charge in [0.15, 0.2) is 0 Å². The number of benzene rings is 1. The Bertz CT molecular complexity index is 684. The summed E-state index contributed by atoms with van der Waals surface area (Å²) in [4.78, 5) is 20.7. The molecule has 0 atom stereocenters. The van der Waals surface area contributed by atoms with Gasteiger partial charge in [-0.3, -0.25) is 14.7 Å². The number of amides is 1. The smallest absolute Gasteiger partial charge is 0.256 e. The third-order valence-corrected chi connectivity index (χ3v) is 3.98. The summed E-state index contributed by atoms with van der Waals surface area (Å²) >= 11 is 0. The number of hydrogen-bond donors (Lipinski definition) is 1. The molecule has 0 saturated carbocycles. The number of aliphatic hydroxyl groups excluding tert-OH is 1. The molecule has 22 heavy (non-hydrogen) atoms. The Hall–Kier alpha value is -2.05. The largest absolute Gasteiger partial charge is 0.395 e. The van der Waals surface area contributed by atoms with E-state index in [0.717, 1.165) is 0 Å². The second-order valence-corrected chi connectivity index (χ2v) is 5.39. The molecule has 6 heteroatoms. The van der Waals surface area contributed by atoms with Crippen LogP contribution in [0.15, 0.2) is 30.5 Å². The van der Waals surface area contributed by atoms with E-state index in [2.05, 4.69) is 9.88 Å². The lowest BCUT2D eigenvalue weighted by Gasteiger charge is -2.34. The van der Waals surface area contributed by atoms with Crippen LogP contribution in [0.3, 0.4) is 0 Å². The Morgan fingerprint density at radius 2 is 2.05 bits per heavy atom.